The molecular formula is C16H25N3O2S. The molecule has 0 radical (unpaired) electrons. The molecule has 1 saturated heterocycles. The number of pyridine rings is 1. The Morgan fingerprint density at radius 3 is 2.68 bits per heavy atom. The molecule has 0 unspecified atom stereocenters. The number of nitrogens with zero attached hydrogens (tertiary/aromatic N) is 3. The van der Waals surface area contributed by atoms with Gasteiger partial charge in [-0.15, -0.1) is 0 Å². The predicted molar refractivity (Wildman–Crippen MR) is 87.5 cm³/mol. The molecule has 6 heteroatoms. The molecule has 1 saturated carbocycles. The summed E-state index contributed by atoms with van der Waals surface area (Å²) in [6.45, 7) is 2.12. The summed E-state index contributed by atoms with van der Waals surface area (Å²) in [4.78, 5) is 6.71. The number of piperidine rings is 1. The number of aromatic nitrogens is 1. The van der Waals surface area contributed by atoms with Crippen LogP contribution in [0.25, 0.3) is 0 Å². The fraction of sp³-hybridized carbons (Fsp3) is 0.688. The Labute approximate surface area is 133 Å². The highest BCUT2D eigenvalue weighted by Gasteiger charge is 2.30. The second-order valence-electron chi connectivity index (χ2n) is 6.44. The zero-order valence-electron chi connectivity index (χ0n) is 13.2. The summed E-state index contributed by atoms with van der Waals surface area (Å²) in [5.41, 5.74) is 0. The zero-order chi connectivity index (χ0) is 15.6. The van der Waals surface area contributed by atoms with Crippen molar-refractivity contribution in [3.63, 3.8) is 0 Å². The smallest absolute Gasteiger partial charge is 0.246 e. The van der Waals surface area contributed by atoms with E-state index < -0.39 is 10.0 Å². The standard InChI is InChI=1S/C16H25N3O2S/c1-18(13-9-14-7-8-14)16-15(6-5-10-17-16)22(20,21)19-11-3-2-4-12-19/h5-6,10,14H,2-4,7-9,11-13H2,1H3. The van der Waals surface area contributed by atoms with Gasteiger partial charge in [0, 0.05) is 32.9 Å². The van der Waals surface area contributed by atoms with Crippen molar-refractivity contribution in [2.45, 2.75) is 43.4 Å². The van der Waals surface area contributed by atoms with E-state index in [9.17, 15) is 8.42 Å². The van der Waals surface area contributed by atoms with Crippen LogP contribution in [0.2, 0.25) is 0 Å². The monoisotopic (exact) mass is 323 g/mol. The van der Waals surface area contributed by atoms with Gasteiger partial charge in [-0.25, -0.2) is 13.4 Å². The molecule has 2 heterocycles. The van der Waals surface area contributed by atoms with Crippen molar-refractivity contribution in [3.05, 3.63) is 18.3 Å². The lowest BCUT2D eigenvalue weighted by Gasteiger charge is -2.28. The third kappa shape index (κ3) is 3.43. The molecule has 0 N–H and O–H groups in total. The van der Waals surface area contributed by atoms with Crippen LogP contribution in [-0.2, 0) is 10.0 Å². The van der Waals surface area contributed by atoms with Crippen LogP contribution in [0.4, 0.5) is 5.82 Å². The fourth-order valence-corrected chi connectivity index (χ4v) is 4.71. The average molecular weight is 323 g/mol. The predicted octanol–water partition coefficient (Wildman–Crippen LogP) is 2.49. The van der Waals surface area contributed by atoms with Gasteiger partial charge < -0.3 is 4.90 Å². The second kappa shape index (κ2) is 6.54. The van der Waals surface area contributed by atoms with Crippen molar-refractivity contribution < 1.29 is 8.42 Å². The molecule has 2 fully saturated rings. The third-order valence-electron chi connectivity index (χ3n) is 4.61. The fourth-order valence-electron chi connectivity index (χ4n) is 3.00. The van der Waals surface area contributed by atoms with E-state index in [-0.39, 0.29) is 0 Å². The van der Waals surface area contributed by atoms with Crippen LogP contribution in [0.1, 0.15) is 38.5 Å². The van der Waals surface area contributed by atoms with E-state index in [0.717, 1.165) is 38.1 Å². The SMILES string of the molecule is CN(CCC1CC1)c1ncccc1S(=O)(=O)N1CCCCC1. The quantitative estimate of drug-likeness (QED) is 0.807. The van der Waals surface area contributed by atoms with Crippen LogP contribution in [0.3, 0.4) is 0 Å². The van der Waals surface area contributed by atoms with Gasteiger partial charge in [0.15, 0.2) is 0 Å². The Kier molecular flexibility index (Phi) is 4.68. The lowest BCUT2D eigenvalue weighted by Crippen LogP contribution is -2.36. The highest BCUT2D eigenvalue weighted by Crippen LogP contribution is 2.33. The highest BCUT2D eigenvalue weighted by molar-refractivity contribution is 7.89. The summed E-state index contributed by atoms with van der Waals surface area (Å²) in [5.74, 6) is 1.42. The molecule has 5 nitrogen and oxygen atoms in total. The minimum absolute atomic E-state index is 0.357. The summed E-state index contributed by atoms with van der Waals surface area (Å²) in [5, 5.41) is 0. The molecule has 0 bridgehead atoms. The maximum atomic E-state index is 12.9. The molecule has 0 spiro atoms. The zero-order valence-corrected chi connectivity index (χ0v) is 14.1. The molecule has 0 atom stereocenters. The lowest BCUT2D eigenvalue weighted by molar-refractivity contribution is 0.346. The Bertz CT molecular complexity index is 608. The van der Waals surface area contributed by atoms with E-state index in [1.54, 1.807) is 22.6 Å². The number of hydrogen-bond acceptors (Lipinski definition) is 4. The first-order valence-electron chi connectivity index (χ1n) is 8.25. The van der Waals surface area contributed by atoms with Crippen LogP contribution < -0.4 is 4.90 Å². The summed E-state index contributed by atoms with van der Waals surface area (Å²) in [6, 6.07) is 3.41. The van der Waals surface area contributed by atoms with Crippen molar-refractivity contribution in [2.75, 3.05) is 31.6 Å². The van der Waals surface area contributed by atoms with Crippen molar-refractivity contribution in [3.8, 4) is 0 Å². The largest absolute Gasteiger partial charge is 0.359 e. The molecule has 1 aliphatic heterocycles. The van der Waals surface area contributed by atoms with Gasteiger partial charge in [-0.2, -0.15) is 4.31 Å². The van der Waals surface area contributed by atoms with Gasteiger partial charge in [0.1, 0.15) is 10.7 Å². The molecule has 3 rings (SSSR count). The van der Waals surface area contributed by atoms with Crippen molar-refractivity contribution in [1.82, 2.24) is 9.29 Å². The maximum absolute atomic E-state index is 12.9. The first-order chi connectivity index (χ1) is 10.6. The number of anilines is 1. The first-order valence-corrected chi connectivity index (χ1v) is 9.69. The molecule has 0 amide bonds. The summed E-state index contributed by atoms with van der Waals surface area (Å²) in [7, 11) is -1.49. The van der Waals surface area contributed by atoms with Crippen molar-refractivity contribution >= 4 is 15.8 Å². The van der Waals surface area contributed by atoms with Gasteiger partial charge in [-0.05, 0) is 37.3 Å². The molecule has 1 aliphatic carbocycles. The van der Waals surface area contributed by atoms with Gasteiger partial charge in [0.2, 0.25) is 10.0 Å². The van der Waals surface area contributed by atoms with Crippen LogP contribution >= 0.6 is 0 Å². The molecule has 2 aliphatic rings. The summed E-state index contributed by atoms with van der Waals surface area (Å²) < 4.78 is 27.5. The average Bonchev–Trinajstić information content (AvgIpc) is 3.38. The van der Waals surface area contributed by atoms with Crippen LogP contribution in [-0.4, -0.2) is 44.4 Å². The van der Waals surface area contributed by atoms with Crippen molar-refractivity contribution in [1.29, 1.82) is 0 Å². The van der Waals surface area contributed by atoms with Gasteiger partial charge >= 0.3 is 0 Å². The molecule has 1 aromatic heterocycles. The topological polar surface area (TPSA) is 53.5 Å². The highest BCUT2D eigenvalue weighted by atomic mass is 32.2. The molecule has 1 aromatic rings. The number of hydrogen-bond donors (Lipinski definition) is 0. The Morgan fingerprint density at radius 2 is 2.00 bits per heavy atom. The normalized spacial score (nSPS) is 20.0. The van der Waals surface area contributed by atoms with Gasteiger partial charge in [-0.1, -0.05) is 19.3 Å². The van der Waals surface area contributed by atoms with Gasteiger partial charge in [0.25, 0.3) is 0 Å². The third-order valence-corrected chi connectivity index (χ3v) is 6.53. The summed E-state index contributed by atoms with van der Waals surface area (Å²) >= 11 is 0. The van der Waals surface area contributed by atoms with Crippen LogP contribution in [0.15, 0.2) is 23.2 Å². The Hall–Kier alpha value is -1.14. The van der Waals surface area contributed by atoms with E-state index in [2.05, 4.69) is 4.98 Å². The lowest BCUT2D eigenvalue weighted by atomic mass is 10.2. The molecule has 0 aromatic carbocycles. The molecular weight excluding hydrogens is 298 g/mol. The van der Waals surface area contributed by atoms with Gasteiger partial charge in [0.05, 0.1) is 0 Å². The molecule has 22 heavy (non-hydrogen) atoms. The van der Waals surface area contributed by atoms with E-state index in [4.69, 9.17) is 0 Å². The van der Waals surface area contributed by atoms with Crippen molar-refractivity contribution in [2.24, 2.45) is 5.92 Å². The minimum Gasteiger partial charge on any atom is -0.359 e. The van der Waals surface area contributed by atoms with E-state index in [0.29, 0.717) is 23.8 Å². The second-order valence-corrected chi connectivity index (χ2v) is 8.35. The van der Waals surface area contributed by atoms with Gasteiger partial charge in [-0.3, -0.25) is 0 Å². The first kappa shape index (κ1) is 15.7. The van der Waals surface area contributed by atoms with Crippen LogP contribution in [0, 0.1) is 5.92 Å². The minimum atomic E-state index is -3.43. The molecule has 122 valence electrons. The van der Waals surface area contributed by atoms with E-state index in [1.807, 2.05) is 11.9 Å². The Balaban J connectivity index is 1.82. The number of sulfonamides is 1. The van der Waals surface area contributed by atoms with Crippen LogP contribution in [0.5, 0.6) is 0 Å². The maximum Gasteiger partial charge on any atom is 0.246 e. The van der Waals surface area contributed by atoms with E-state index >= 15 is 0 Å². The number of rotatable bonds is 6. The Morgan fingerprint density at radius 1 is 1.27 bits per heavy atom. The van der Waals surface area contributed by atoms with E-state index in [1.165, 1.54) is 12.8 Å². The summed E-state index contributed by atoms with van der Waals surface area (Å²) in [6.07, 6.45) is 8.45.